The van der Waals surface area contributed by atoms with Crippen LogP contribution in [0.15, 0.2) is 0 Å². The van der Waals surface area contributed by atoms with Gasteiger partial charge < -0.3 is 10.6 Å². The van der Waals surface area contributed by atoms with Crippen molar-refractivity contribution in [2.45, 2.75) is 40.0 Å². The number of hydrogen-bond donors (Lipinski definition) is 2. The van der Waals surface area contributed by atoms with Gasteiger partial charge >= 0.3 is 0 Å². The highest BCUT2D eigenvalue weighted by atomic mass is 14.9. The van der Waals surface area contributed by atoms with Crippen LogP contribution in [0, 0.1) is 5.41 Å². The fourth-order valence-electron chi connectivity index (χ4n) is 2.13. The third-order valence-corrected chi connectivity index (χ3v) is 3.32. The van der Waals surface area contributed by atoms with E-state index in [1.54, 1.807) is 0 Å². The van der Waals surface area contributed by atoms with Gasteiger partial charge in [-0.1, -0.05) is 20.8 Å². The Balaban J connectivity index is 0.00000144. The van der Waals surface area contributed by atoms with Gasteiger partial charge in [0.2, 0.25) is 0 Å². The highest BCUT2D eigenvalue weighted by Gasteiger charge is 2.28. The van der Waals surface area contributed by atoms with Crippen molar-refractivity contribution in [2.24, 2.45) is 5.41 Å². The third-order valence-electron chi connectivity index (χ3n) is 3.32. The predicted octanol–water partition coefficient (Wildman–Crippen LogP) is 2.01. The Kier molecular flexibility index (Phi) is 6.35. The minimum absolute atomic E-state index is 0. The van der Waals surface area contributed by atoms with Crippen LogP contribution in [-0.2, 0) is 0 Å². The molecule has 0 spiro atoms. The van der Waals surface area contributed by atoms with Gasteiger partial charge in [0, 0.05) is 0 Å². The summed E-state index contributed by atoms with van der Waals surface area (Å²) < 4.78 is 0. The minimum atomic E-state index is 0. The monoisotopic (exact) mass is 186 g/mol. The second kappa shape index (κ2) is 6.39. The molecule has 0 aliphatic carbocycles. The normalized spacial score (nSPS) is 20.8. The Hall–Kier alpha value is -0.0800. The number of rotatable bonds is 4. The van der Waals surface area contributed by atoms with E-state index < -0.39 is 0 Å². The smallest absolute Gasteiger partial charge is 0.00436 e. The maximum Gasteiger partial charge on any atom is -0.00436 e. The maximum atomic E-state index is 3.43. The molecule has 1 fully saturated rings. The fourth-order valence-corrected chi connectivity index (χ4v) is 2.13. The highest BCUT2D eigenvalue weighted by Crippen LogP contribution is 2.35. The van der Waals surface area contributed by atoms with E-state index in [1.165, 1.54) is 45.3 Å². The Morgan fingerprint density at radius 1 is 1.31 bits per heavy atom. The van der Waals surface area contributed by atoms with Crippen LogP contribution in [0.1, 0.15) is 40.0 Å². The average Bonchev–Trinajstić information content (AvgIpc) is 2.16. The molecular weight excluding hydrogens is 160 g/mol. The van der Waals surface area contributed by atoms with E-state index in [1.807, 2.05) is 7.05 Å². The zero-order valence-electron chi connectivity index (χ0n) is 8.45. The lowest BCUT2D eigenvalue weighted by Crippen LogP contribution is -2.37. The molecule has 1 rings (SSSR count). The van der Waals surface area contributed by atoms with Crippen molar-refractivity contribution in [2.75, 3.05) is 26.7 Å². The van der Waals surface area contributed by atoms with Gasteiger partial charge in [-0.2, -0.15) is 0 Å². The molecule has 2 nitrogen and oxygen atoms in total. The lowest BCUT2D eigenvalue weighted by molar-refractivity contribution is 0.176. The second-order valence-electron chi connectivity index (χ2n) is 3.96. The van der Waals surface area contributed by atoms with E-state index in [0.29, 0.717) is 5.41 Å². The van der Waals surface area contributed by atoms with Crippen molar-refractivity contribution in [1.82, 2.24) is 10.6 Å². The largest absolute Gasteiger partial charge is 0.320 e. The number of nitrogens with one attached hydrogen (secondary N) is 2. The summed E-state index contributed by atoms with van der Waals surface area (Å²) in [5.74, 6) is 0. The van der Waals surface area contributed by atoms with E-state index in [9.17, 15) is 0 Å². The van der Waals surface area contributed by atoms with Gasteiger partial charge in [0.25, 0.3) is 0 Å². The van der Waals surface area contributed by atoms with Crippen LogP contribution >= 0.6 is 0 Å². The first-order valence-electron chi connectivity index (χ1n) is 5.18. The van der Waals surface area contributed by atoms with Gasteiger partial charge in [-0.15, -0.1) is 0 Å². The SMILES string of the molecule is C.CCC1(CCNC)CCNCC1. The molecule has 1 aliphatic heterocycles. The molecule has 13 heavy (non-hydrogen) atoms. The lowest BCUT2D eigenvalue weighted by Gasteiger charge is -2.37. The molecule has 1 aliphatic rings. The summed E-state index contributed by atoms with van der Waals surface area (Å²) >= 11 is 0. The Morgan fingerprint density at radius 2 is 1.92 bits per heavy atom. The molecule has 2 N–H and O–H groups in total. The van der Waals surface area contributed by atoms with Crippen molar-refractivity contribution in [3.63, 3.8) is 0 Å². The summed E-state index contributed by atoms with van der Waals surface area (Å²) in [6, 6.07) is 0. The first-order chi connectivity index (χ1) is 5.83. The van der Waals surface area contributed by atoms with Crippen LogP contribution < -0.4 is 10.6 Å². The molecule has 80 valence electrons. The van der Waals surface area contributed by atoms with E-state index in [0.717, 1.165) is 0 Å². The number of hydrogen-bond acceptors (Lipinski definition) is 2. The topological polar surface area (TPSA) is 24.1 Å². The van der Waals surface area contributed by atoms with Gasteiger partial charge in [-0.3, -0.25) is 0 Å². The van der Waals surface area contributed by atoms with Crippen LogP contribution in [0.2, 0.25) is 0 Å². The third kappa shape index (κ3) is 3.65. The maximum absolute atomic E-state index is 3.43. The molecule has 0 saturated carbocycles. The molecule has 0 bridgehead atoms. The van der Waals surface area contributed by atoms with Crippen LogP contribution in [0.3, 0.4) is 0 Å². The Labute approximate surface area is 83.5 Å². The van der Waals surface area contributed by atoms with Crippen molar-refractivity contribution in [3.05, 3.63) is 0 Å². The fraction of sp³-hybridized carbons (Fsp3) is 1.00. The van der Waals surface area contributed by atoms with Crippen molar-refractivity contribution >= 4 is 0 Å². The molecule has 0 aromatic carbocycles. The molecule has 2 heteroatoms. The molecule has 1 saturated heterocycles. The van der Waals surface area contributed by atoms with Crippen LogP contribution in [-0.4, -0.2) is 26.7 Å². The zero-order valence-corrected chi connectivity index (χ0v) is 8.45. The minimum Gasteiger partial charge on any atom is -0.320 e. The van der Waals surface area contributed by atoms with Crippen molar-refractivity contribution in [3.8, 4) is 0 Å². The molecule has 0 radical (unpaired) electrons. The summed E-state index contributed by atoms with van der Waals surface area (Å²) in [6.45, 7) is 5.95. The van der Waals surface area contributed by atoms with Crippen molar-refractivity contribution < 1.29 is 0 Å². The van der Waals surface area contributed by atoms with Gasteiger partial charge in [0.15, 0.2) is 0 Å². The van der Waals surface area contributed by atoms with Gasteiger partial charge in [0.05, 0.1) is 0 Å². The molecule has 1 heterocycles. The summed E-state index contributed by atoms with van der Waals surface area (Å²) in [7, 11) is 2.05. The summed E-state index contributed by atoms with van der Waals surface area (Å²) in [4.78, 5) is 0. The van der Waals surface area contributed by atoms with E-state index in [2.05, 4.69) is 17.6 Å². The van der Waals surface area contributed by atoms with E-state index >= 15 is 0 Å². The molecular formula is C11H26N2. The standard InChI is InChI=1S/C10H22N2.CH4/c1-3-10(4-7-11-2)5-8-12-9-6-10;/h11-12H,3-9H2,1-2H3;1H4. The lowest BCUT2D eigenvalue weighted by atomic mass is 9.74. The Morgan fingerprint density at radius 3 is 2.38 bits per heavy atom. The zero-order chi connectivity index (χ0) is 8.86. The van der Waals surface area contributed by atoms with Crippen molar-refractivity contribution in [1.29, 1.82) is 0 Å². The molecule has 0 unspecified atom stereocenters. The van der Waals surface area contributed by atoms with Gasteiger partial charge in [0.1, 0.15) is 0 Å². The molecule has 0 atom stereocenters. The number of piperidine rings is 1. The average molecular weight is 186 g/mol. The Bertz CT molecular complexity index is 117. The summed E-state index contributed by atoms with van der Waals surface area (Å²) in [5, 5.41) is 6.68. The first-order valence-corrected chi connectivity index (χ1v) is 5.18. The van der Waals surface area contributed by atoms with Gasteiger partial charge in [-0.05, 0) is 51.4 Å². The predicted molar refractivity (Wildman–Crippen MR) is 60.1 cm³/mol. The van der Waals surface area contributed by atoms with Gasteiger partial charge in [-0.25, -0.2) is 0 Å². The molecule has 0 amide bonds. The summed E-state index contributed by atoms with van der Waals surface area (Å²) in [5.41, 5.74) is 0.647. The first kappa shape index (κ1) is 12.9. The summed E-state index contributed by atoms with van der Waals surface area (Å²) in [6.07, 6.45) is 5.42. The van der Waals surface area contributed by atoms with E-state index in [-0.39, 0.29) is 7.43 Å². The quantitative estimate of drug-likeness (QED) is 0.702. The molecule has 0 aromatic rings. The van der Waals surface area contributed by atoms with Crippen LogP contribution in [0.4, 0.5) is 0 Å². The molecule has 0 aromatic heterocycles. The van der Waals surface area contributed by atoms with E-state index in [4.69, 9.17) is 0 Å². The van der Waals surface area contributed by atoms with Crippen LogP contribution in [0.5, 0.6) is 0 Å². The second-order valence-corrected chi connectivity index (χ2v) is 3.96. The highest BCUT2D eigenvalue weighted by molar-refractivity contribution is 4.83. The van der Waals surface area contributed by atoms with Crippen LogP contribution in [0.25, 0.3) is 0 Å².